The molecule has 2 rings (SSSR count). The molecule has 0 aliphatic carbocycles. The minimum Gasteiger partial charge on any atom is -0.312 e. The Morgan fingerprint density at radius 2 is 2.00 bits per heavy atom. The number of nitrogens with zero attached hydrogens (tertiary/aromatic N) is 1. The molecule has 1 aromatic carbocycles. The Morgan fingerprint density at radius 3 is 2.61 bits per heavy atom. The van der Waals surface area contributed by atoms with E-state index in [1.807, 2.05) is 25.7 Å². The average molecular weight is 380 g/mol. The van der Waals surface area contributed by atoms with Gasteiger partial charge in [-0.1, -0.05) is 62.7 Å². The summed E-state index contributed by atoms with van der Waals surface area (Å²) >= 11 is 3.81. The zero-order valence-electron chi connectivity index (χ0n) is 15.2. The molecule has 0 saturated heterocycles. The van der Waals surface area contributed by atoms with Crippen LogP contribution in [-0.4, -0.2) is 17.3 Å². The standard InChI is InChI=1S/C20H30BrNO/c1-14(2)11-17(21)13-15-8-9-18-16(12-15)7-6-10-22(18)19(23)20(3,4)5/h8-9,12,14,17H,6-7,10-11,13H2,1-5H3. The van der Waals surface area contributed by atoms with Gasteiger partial charge >= 0.3 is 0 Å². The Balaban J connectivity index is 2.18. The SMILES string of the molecule is CC(C)CC(Br)Cc1ccc2c(c1)CCCN2C(=O)C(C)(C)C. The molecule has 0 fully saturated rings. The first-order valence-electron chi connectivity index (χ1n) is 8.76. The van der Waals surface area contributed by atoms with E-state index in [1.165, 1.54) is 17.5 Å². The van der Waals surface area contributed by atoms with Crippen LogP contribution in [0.4, 0.5) is 5.69 Å². The number of fused-ring (bicyclic) bond motifs is 1. The summed E-state index contributed by atoms with van der Waals surface area (Å²) in [5, 5.41) is 0. The van der Waals surface area contributed by atoms with Crippen molar-refractivity contribution in [2.24, 2.45) is 11.3 Å². The van der Waals surface area contributed by atoms with Gasteiger partial charge in [-0.25, -0.2) is 0 Å². The molecule has 23 heavy (non-hydrogen) atoms. The molecule has 1 aromatic rings. The Morgan fingerprint density at radius 1 is 1.30 bits per heavy atom. The first kappa shape index (κ1) is 18.5. The molecule has 0 radical (unpaired) electrons. The minimum atomic E-state index is -0.328. The van der Waals surface area contributed by atoms with Crippen molar-refractivity contribution in [3.63, 3.8) is 0 Å². The Hall–Kier alpha value is -0.830. The monoisotopic (exact) mass is 379 g/mol. The van der Waals surface area contributed by atoms with Crippen LogP contribution < -0.4 is 4.90 Å². The lowest BCUT2D eigenvalue weighted by atomic mass is 9.91. The number of benzene rings is 1. The fraction of sp³-hybridized carbons (Fsp3) is 0.650. The van der Waals surface area contributed by atoms with Crippen molar-refractivity contribution >= 4 is 27.5 Å². The van der Waals surface area contributed by atoms with Gasteiger partial charge in [-0.2, -0.15) is 0 Å². The zero-order chi connectivity index (χ0) is 17.2. The summed E-state index contributed by atoms with van der Waals surface area (Å²) in [6, 6.07) is 6.66. The van der Waals surface area contributed by atoms with Crippen molar-refractivity contribution < 1.29 is 4.79 Å². The van der Waals surface area contributed by atoms with Crippen LogP contribution in [-0.2, 0) is 17.6 Å². The third-order valence-corrected chi connectivity index (χ3v) is 5.03. The van der Waals surface area contributed by atoms with E-state index in [4.69, 9.17) is 0 Å². The van der Waals surface area contributed by atoms with E-state index < -0.39 is 0 Å². The number of amides is 1. The predicted molar refractivity (Wildman–Crippen MR) is 102 cm³/mol. The lowest BCUT2D eigenvalue weighted by Gasteiger charge is -2.34. The van der Waals surface area contributed by atoms with Crippen LogP contribution in [0.15, 0.2) is 18.2 Å². The molecule has 0 spiro atoms. The second-order valence-electron chi connectivity index (χ2n) is 8.20. The number of carbonyl (C=O) groups is 1. The third-order valence-electron chi connectivity index (χ3n) is 4.33. The van der Waals surface area contributed by atoms with Gasteiger partial charge in [0.15, 0.2) is 0 Å². The maximum Gasteiger partial charge on any atom is 0.232 e. The minimum absolute atomic E-state index is 0.226. The summed E-state index contributed by atoms with van der Waals surface area (Å²) in [7, 11) is 0. The van der Waals surface area contributed by atoms with E-state index in [0.29, 0.717) is 10.7 Å². The first-order valence-corrected chi connectivity index (χ1v) is 9.68. The molecular weight excluding hydrogens is 350 g/mol. The molecule has 2 nitrogen and oxygen atoms in total. The van der Waals surface area contributed by atoms with Gasteiger partial charge in [-0.3, -0.25) is 4.79 Å². The summed E-state index contributed by atoms with van der Waals surface area (Å²) in [6.45, 7) is 11.4. The highest BCUT2D eigenvalue weighted by molar-refractivity contribution is 9.09. The molecule has 0 bridgehead atoms. The number of aryl methyl sites for hydroxylation is 1. The largest absolute Gasteiger partial charge is 0.312 e. The van der Waals surface area contributed by atoms with E-state index in [9.17, 15) is 4.79 Å². The fourth-order valence-electron chi connectivity index (χ4n) is 3.24. The van der Waals surface area contributed by atoms with Crippen LogP contribution >= 0.6 is 15.9 Å². The molecule has 1 aliphatic rings. The molecule has 1 atom stereocenters. The van der Waals surface area contributed by atoms with Crippen LogP contribution in [0, 0.1) is 11.3 Å². The van der Waals surface area contributed by atoms with Crippen LogP contribution in [0.3, 0.4) is 0 Å². The molecule has 1 aliphatic heterocycles. The lowest BCUT2D eigenvalue weighted by Crippen LogP contribution is -2.42. The van der Waals surface area contributed by atoms with Crippen molar-refractivity contribution in [2.45, 2.75) is 65.1 Å². The van der Waals surface area contributed by atoms with Crippen molar-refractivity contribution in [1.82, 2.24) is 0 Å². The zero-order valence-corrected chi connectivity index (χ0v) is 16.7. The van der Waals surface area contributed by atoms with Crippen LogP contribution in [0.5, 0.6) is 0 Å². The summed E-state index contributed by atoms with van der Waals surface area (Å²) in [5.74, 6) is 0.932. The van der Waals surface area contributed by atoms with Gasteiger partial charge in [0.05, 0.1) is 0 Å². The summed E-state index contributed by atoms with van der Waals surface area (Å²) in [6.07, 6.45) is 4.38. The average Bonchev–Trinajstić information content (AvgIpc) is 2.43. The molecule has 0 saturated carbocycles. The molecule has 1 amide bonds. The van der Waals surface area contributed by atoms with Gasteiger partial charge < -0.3 is 4.90 Å². The molecule has 3 heteroatoms. The van der Waals surface area contributed by atoms with Crippen molar-refractivity contribution in [3.8, 4) is 0 Å². The van der Waals surface area contributed by atoms with Gasteiger partial charge in [0, 0.05) is 22.5 Å². The molecule has 1 heterocycles. The number of alkyl halides is 1. The van der Waals surface area contributed by atoms with Crippen LogP contribution in [0.25, 0.3) is 0 Å². The number of hydrogen-bond donors (Lipinski definition) is 0. The highest BCUT2D eigenvalue weighted by atomic mass is 79.9. The van der Waals surface area contributed by atoms with Crippen molar-refractivity contribution in [1.29, 1.82) is 0 Å². The quantitative estimate of drug-likeness (QED) is 0.644. The van der Waals surface area contributed by atoms with Gasteiger partial charge in [0.25, 0.3) is 0 Å². The van der Waals surface area contributed by atoms with E-state index >= 15 is 0 Å². The van der Waals surface area contributed by atoms with E-state index in [-0.39, 0.29) is 11.3 Å². The smallest absolute Gasteiger partial charge is 0.232 e. The number of anilines is 1. The highest BCUT2D eigenvalue weighted by Gasteiger charge is 2.31. The fourth-order valence-corrected chi connectivity index (χ4v) is 4.37. The lowest BCUT2D eigenvalue weighted by molar-refractivity contribution is -0.125. The predicted octanol–water partition coefficient (Wildman–Crippen LogP) is 5.36. The molecule has 0 aromatic heterocycles. The second kappa shape index (κ2) is 7.38. The molecule has 128 valence electrons. The Bertz CT molecular complexity index is 559. The maximum atomic E-state index is 12.7. The van der Waals surface area contributed by atoms with Crippen molar-refractivity contribution in [3.05, 3.63) is 29.3 Å². The number of rotatable bonds is 4. The summed E-state index contributed by atoms with van der Waals surface area (Å²) < 4.78 is 0. The second-order valence-corrected chi connectivity index (χ2v) is 9.50. The Labute approximate surface area is 149 Å². The summed E-state index contributed by atoms with van der Waals surface area (Å²) in [5.41, 5.74) is 3.49. The number of hydrogen-bond acceptors (Lipinski definition) is 1. The molecule has 1 unspecified atom stereocenters. The van der Waals surface area contributed by atoms with Crippen LogP contribution in [0.2, 0.25) is 0 Å². The topological polar surface area (TPSA) is 20.3 Å². The maximum absolute atomic E-state index is 12.7. The third kappa shape index (κ3) is 4.82. The van der Waals surface area contributed by atoms with Gasteiger partial charge in [-0.05, 0) is 48.8 Å². The molecule has 0 N–H and O–H groups in total. The number of carbonyl (C=O) groups excluding carboxylic acids is 1. The van der Waals surface area contributed by atoms with E-state index in [2.05, 4.69) is 48.0 Å². The van der Waals surface area contributed by atoms with E-state index in [0.717, 1.165) is 31.5 Å². The normalized spacial score (nSPS) is 16.4. The van der Waals surface area contributed by atoms with Crippen LogP contribution in [0.1, 0.15) is 58.6 Å². The summed E-state index contributed by atoms with van der Waals surface area (Å²) in [4.78, 5) is 15.2. The van der Waals surface area contributed by atoms with Gasteiger partial charge in [0.1, 0.15) is 0 Å². The number of halogens is 1. The van der Waals surface area contributed by atoms with Gasteiger partial charge in [-0.15, -0.1) is 0 Å². The Kier molecular flexibility index (Phi) is 5.94. The van der Waals surface area contributed by atoms with Crippen molar-refractivity contribution in [2.75, 3.05) is 11.4 Å². The van der Waals surface area contributed by atoms with Gasteiger partial charge in [0.2, 0.25) is 5.91 Å². The first-order chi connectivity index (χ1) is 10.7. The highest BCUT2D eigenvalue weighted by Crippen LogP contribution is 2.32. The van der Waals surface area contributed by atoms with E-state index in [1.54, 1.807) is 0 Å². The molecular formula is C20H30BrNO.